The van der Waals surface area contributed by atoms with E-state index >= 15 is 0 Å². The second-order valence-electron chi connectivity index (χ2n) is 12.3. The van der Waals surface area contributed by atoms with Gasteiger partial charge in [-0.25, -0.2) is 21.4 Å². The summed E-state index contributed by atoms with van der Waals surface area (Å²) in [4.78, 5) is 1.75. The zero-order chi connectivity index (χ0) is 32.6. The number of fused-ring (bicyclic) bond motifs is 3. The number of allylic oxidation sites excluding steroid dienone is 4. The first-order valence-electron chi connectivity index (χ1n) is 15.6. The molecule has 46 heavy (non-hydrogen) atoms. The number of unbranched alkanes of at least 4 members (excludes halogenated alkanes) is 1. The molecule has 0 radical (unpaired) electrons. The van der Waals surface area contributed by atoms with Crippen molar-refractivity contribution in [3.8, 4) is 11.3 Å². The van der Waals surface area contributed by atoms with E-state index in [1.807, 2.05) is 24.8 Å². The summed E-state index contributed by atoms with van der Waals surface area (Å²) in [7, 11) is -8.99. The molecule has 0 saturated heterocycles. The summed E-state index contributed by atoms with van der Waals surface area (Å²) < 4.78 is 78.2. The average Bonchev–Trinajstić information content (AvgIpc) is 3.07. The van der Waals surface area contributed by atoms with Gasteiger partial charge in [0.15, 0.2) is 0 Å². The Morgan fingerprint density at radius 2 is 1.65 bits per heavy atom. The Labute approximate surface area is 315 Å². The summed E-state index contributed by atoms with van der Waals surface area (Å²) in [5.41, 5.74) is 4.96. The molecule has 0 atom stereocenters. The Hall–Kier alpha value is -1.61. The van der Waals surface area contributed by atoms with Crippen LogP contribution in [0.2, 0.25) is 0 Å². The molecule has 2 aliphatic heterocycles. The topological polar surface area (TPSA) is 134 Å². The molecule has 2 aliphatic carbocycles. The van der Waals surface area contributed by atoms with Crippen LogP contribution in [-0.4, -0.2) is 51.3 Å². The van der Waals surface area contributed by atoms with E-state index in [1.54, 1.807) is 6.07 Å². The zero-order valence-electron chi connectivity index (χ0n) is 27.3. The maximum Gasteiger partial charge on any atom is 1.00 e. The molecule has 0 saturated carbocycles. The van der Waals surface area contributed by atoms with Crippen LogP contribution in [0.1, 0.15) is 76.7 Å². The molecule has 1 aromatic carbocycles. The van der Waals surface area contributed by atoms with E-state index in [0.717, 1.165) is 83.7 Å². The van der Waals surface area contributed by atoms with Gasteiger partial charge in [0.2, 0.25) is 5.36 Å². The largest absolute Gasteiger partial charge is 1.00 e. The predicted molar refractivity (Wildman–Crippen MR) is 174 cm³/mol. The second kappa shape index (κ2) is 14.9. The summed E-state index contributed by atoms with van der Waals surface area (Å²) in [5.74, 6) is 1.25. The molecule has 9 nitrogen and oxygen atoms in total. The quantitative estimate of drug-likeness (QED) is 0.110. The first kappa shape index (κ1) is 37.2. The molecule has 0 amide bonds. The van der Waals surface area contributed by atoms with Crippen molar-refractivity contribution < 1.29 is 81.7 Å². The predicted octanol–water partition coefficient (Wildman–Crippen LogP) is 2.22. The fourth-order valence-corrected chi connectivity index (χ4v) is 7.64. The standard InChI is InChI=1S/C34H42N2O7S2.K/c1-5-35(6-2)27-15-13-25-21-26-12-8-7-11-24(33(26)43-31(25)22-27)14-18-32-34(3,4)29-23-28(45(40,41)42)16-17-30(29)36(32)19-9-10-20-44(37,38)39;/h13-18,21-23H,5-12,19-20H2,1-4H3,(H-,37,38,39,40,41,42);/q;+1/p-1. The maximum absolute atomic E-state index is 11.9. The number of benzene rings is 2. The Bertz CT molecular complexity index is 1920. The maximum atomic E-state index is 11.9. The average molecular weight is 693 g/mol. The minimum atomic E-state index is -4.66. The molecule has 0 N–H and O–H groups in total. The number of hydrogen-bond acceptors (Lipinski definition) is 8. The molecule has 0 fully saturated rings. The number of nitrogens with zero attached hydrogens (tertiary/aromatic N) is 2. The van der Waals surface area contributed by atoms with Crippen LogP contribution >= 0.6 is 0 Å². The van der Waals surface area contributed by atoms with Crippen molar-refractivity contribution in [2.75, 3.05) is 30.3 Å². The van der Waals surface area contributed by atoms with Crippen molar-refractivity contribution in [3.63, 3.8) is 0 Å². The van der Waals surface area contributed by atoms with Gasteiger partial charge < -0.3 is 18.4 Å². The Morgan fingerprint density at radius 1 is 0.935 bits per heavy atom. The van der Waals surface area contributed by atoms with Gasteiger partial charge in [0.1, 0.15) is 34.7 Å². The van der Waals surface area contributed by atoms with Gasteiger partial charge in [-0.05, 0) is 105 Å². The first-order chi connectivity index (χ1) is 21.2. The number of anilines is 1. The molecular weight excluding hydrogens is 652 g/mol. The molecule has 242 valence electrons. The summed E-state index contributed by atoms with van der Waals surface area (Å²) >= 11 is 0. The van der Waals surface area contributed by atoms with Crippen LogP contribution in [0.5, 0.6) is 0 Å². The fourth-order valence-electron chi connectivity index (χ4n) is 6.59. The van der Waals surface area contributed by atoms with Crippen molar-refractivity contribution in [2.24, 2.45) is 0 Å². The van der Waals surface area contributed by atoms with Gasteiger partial charge in [-0.1, -0.05) is 19.9 Å². The molecule has 12 heteroatoms. The number of rotatable bonds is 9. The Kier molecular flexibility index (Phi) is 12.0. The van der Waals surface area contributed by atoms with Crippen LogP contribution in [0, 0.1) is 0 Å². The van der Waals surface area contributed by atoms with E-state index < -0.39 is 31.4 Å². The van der Waals surface area contributed by atoms with Crippen molar-refractivity contribution >= 4 is 31.5 Å². The van der Waals surface area contributed by atoms with Gasteiger partial charge >= 0.3 is 51.4 Å². The van der Waals surface area contributed by atoms with E-state index in [2.05, 4.69) is 48.8 Å². The third-order valence-electron chi connectivity index (χ3n) is 9.01. The molecule has 2 heterocycles. The van der Waals surface area contributed by atoms with Crippen LogP contribution in [0.4, 0.5) is 5.69 Å². The second-order valence-corrected chi connectivity index (χ2v) is 15.2. The minimum Gasteiger partial charge on any atom is -0.748 e. The van der Waals surface area contributed by atoms with Crippen LogP contribution in [0.25, 0.3) is 16.9 Å². The van der Waals surface area contributed by atoms with Gasteiger partial charge in [0.25, 0.3) is 0 Å². The van der Waals surface area contributed by atoms with Crippen molar-refractivity contribution in [1.82, 2.24) is 4.58 Å². The summed E-state index contributed by atoms with van der Waals surface area (Å²) in [5, 5.41) is 1.11. The van der Waals surface area contributed by atoms with E-state index in [0.29, 0.717) is 18.5 Å². The number of hydrogen-bond donors (Lipinski definition) is 0. The van der Waals surface area contributed by atoms with Crippen molar-refractivity contribution in [1.29, 1.82) is 0 Å². The Balaban J connectivity index is 0.00000480. The van der Waals surface area contributed by atoms with Crippen LogP contribution in [0.15, 0.2) is 69.6 Å². The third-order valence-corrected chi connectivity index (χ3v) is 10.6. The first-order valence-corrected chi connectivity index (χ1v) is 18.6. The van der Waals surface area contributed by atoms with Crippen molar-refractivity contribution in [2.45, 2.75) is 76.5 Å². The van der Waals surface area contributed by atoms with Gasteiger partial charge in [-0.2, -0.15) is 0 Å². The van der Waals surface area contributed by atoms with E-state index in [4.69, 9.17) is 4.42 Å². The summed E-state index contributed by atoms with van der Waals surface area (Å²) in [6.45, 7) is 10.4. The number of aryl methyl sites for hydroxylation is 1. The van der Waals surface area contributed by atoms with Gasteiger partial charge in [-0.15, -0.1) is 0 Å². The minimum absolute atomic E-state index is 0. The molecular formula is C34H41KN2O7S2. The monoisotopic (exact) mass is 692 g/mol. The van der Waals surface area contributed by atoms with Crippen LogP contribution in [0.3, 0.4) is 0 Å². The Morgan fingerprint density at radius 3 is 2.33 bits per heavy atom. The van der Waals surface area contributed by atoms with E-state index in [9.17, 15) is 25.9 Å². The zero-order valence-corrected chi connectivity index (χ0v) is 32.1. The molecule has 4 aliphatic rings. The van der Waals surface area contributed by atoms with E-state index in [-0.39, 0.29) is 62.7 Å². The fraction of sp³-hybridized carbons (Fsp3) is 0.441. The van der Waals surface area contributed by atoms with Gasteiger partial charge in [0, 0.05) is 40.7 Å². The van der Waals surface area contributed by atoms with E-state index in [1.165, 1.54) is 12.1 Å². The molecule has 0 spiro atoms. The normalized spacial score (nSPS) is 17.9. The van der Waals surface area contributed by atoms with Crippen LogP contribution < -0.4 is 66.2 Å². The van der Waals surface area contributed by atoms with Gasteiger partial charge in [0.05, 0.1) is 21.1 Å². The summed E-state index contributed by atoms with van der Waals surface area (Å²) in [6, 6.07) is 13.0. The molecule has 0 unspecified atom stereocenters. The van der Waals surface area contributed by atoms with Gasteiger partial charge in [-0.3, -0.25) is 0 Å². The molecule has 5 rings (SSSR count). The SMILES string of the molecule is CC[N+](CC)=c1ccc2cc3c(oc-2c1)/C(=C/C=C1\N(CCCCS(=O)(=O)[O-])c2ccc(S(=O)(=O)[O-])cc2C1(C)C)CCCC3.[K+]. The van der Waals surface area contributed by atoms with Crippen LogP contribution in [-0.2, 0) is 32.1 Å². The molecule has 1 aromatic rings. The molecule has 0 bridgehead atoms. The molecule has 0 aromatic heterocycles. The smallest absolute Gasteiger partial charge is 0.748 e. The van der Waals surface area contributed by atoms with Crippen molar-refractivity contribution in [3.05, 3.63) is 82.6 Å². The third kappa shape index (κ3) is 8.15. The summed E-state index contributed by atoms with van der Waals surface area (Å²) in [6.07, 6.45) is 8.54.